The summed E-state index contributed by atoms with van der Waals surface area (Å²) in [4.78, 5) is 29.3. The number of nitrogens with zero attached hydrogens (tertiary/aromatic N) is 5. The number of aromatic nitrogens is 1. The van der Waals surface area contributed by atoms with Gasteiger partial charge in [0.2, 0.25) is 5.91 Å². The molecule has 0 spiro atoms. The number of fused-ring (bicyclic) bond motifs is 3. The Morgan fingerprint density at radius 2 is 2.08 bits per heavy atom. The molecule has 4 aliphatic heterocycles. The zero-order valence-electron chi connectivity index (χ0n) is 22.4. The summed E-state index contributed by atoms with van der Waals surface area (Å²) in [5.41, 5.74) is 3.49. The van der Waals surface area contributed by atoms with Crippen LogP contribution < -0.4 is 10.2 Å². The summed E-state index contributed by atoms with van der Waals surface area (Å²) in [6, 6.07) is 2.14. The van der Waals surface area contributed by atoms with E-state index in [1.165, 1.54) is 11.3 Å². The molecule has 9 heteroatoms. The molecule has 38 heavy (non-hydrogen) atoms. The number of aliphatic imine (C=N–C) groups is 1. The lowest BCUT2D eigenvalue weighted by atomic mass is 9.92. The Kier molecular flexibility index (Phi) is 7.65. The highest BCUT2D eigenvalue weighted by Crippen LogP contribution is 2.37. The number of piperidine rings is 1. The number of anilines is 1. The van der Waals surface area contributed by atoms with E-state index < -0.39 is 0 Å². The van der Waals surface area contributed by atoms with Gasteiger partial charge < -0.3 is 24.6 Å². The number of carbonyl (C=O) groups is 1. The molecule has 1 aromatic heterocycles. The average molecular weight is 521 g/mol. The normalized spacial score (nSPS) is 28.9. The smallest absolute Gasteiger partial charge is 0.236 e. The van der Waals surface area contributed by atoms with Crippen molar-refractivity contribution in [2.75, 3.05) is 64.4 Å². The molecule has 0 saturated carbocycles. The molecular weight excluding hydrogens is 480 g/mol. The van der Waals surface area contributed by atoms with Gasteiger partial charge >= 0.3 is 0 Å². The Morgan fingerprint density at radius 1 is 1.18 bits per heavy atom. The molecule has 1 amide bonds. The molecule has 204 valence electrons. The van der Waals surface area contributed by atoms with Gasteiger partial charge in [0.25, 0.3) is 0 Å². The summed E-state index contributed by atoms with van der Waals surface area (Å²) in [5.74, 6) is 2.00. The zero-order chi connectivity index (χ0) is 25.9. The van der Waals surface area contributed by atoms with E-state index in [1.54, 1.807) is 7.11 Å². The van der Waals surface area contributed by atoms with E-state index in [1.807, 2.05) is 18.6 Å². The third kappa shape index (κ3) is 5.45. The molecule has 5 aliphatic rings. The number of allylic oxidation sites excluding steroid dienone is 1. The summed E-state index contributed by atoms with van der Waals surface area (Å²) < 4.78 is 11.6. The van der Waals surface area contributed by atoms with E-state index in [4.69, 9.17) is 9.47 Å². The lowest BCUT2D eigenvalue weighted by Crippen LogP contribution is -2.52. The van der Waals surface area contributed by atoms with Crippen LogP contribution in [0.15, 0.2) is 41.4 Å². The van der Waals surface area contributed by atoms with E-state index >= 15 is 0 Å². The molecule has 6 rings (SSSR count). The number of nitrogens with one attached hydrogen (secondary N) is 1. The van der Waals surface area contributed by atoms with Crippen molar-refractivity contribution in [2.45, 2.75) is 50.3 Å². The van der Waals surface area contributed by atoms with Crippen LogP contribution in [0.25, 0.3) is 0 Å². The second-order valence-electron chi connectivity index (χ2n) is 11.1. The Balaban J connectivity index is 0.982. The van der Waals surface area contributed by atoms with Crippen molar-refractivity contribution in [3.8, 4) is 0 Å². The summed E-state index contributed by atoms with van der Waals surface area (Å²) in [6.07, 6.45) is 15.6. The number of likely N-dealkylation sites (tertiary alicyclic amines) is 1. The van der Waals surface area contributed by atoms with Crippen molar-refractivity contribution in [1.82, 2.24) is 20.1 Å². The predicted octanol–water partition coefficient (Wildman–Crippen LogP) is 2.50. The minimum atomic E-state index is 0.0751. The van der Waals surface area contributed by atoms with Crippen LogP contribution >= 0.6 is 0 Å². The molecule has 1 N–H and O–H groups in total. The molecule has 0 radical (unpaired) electrons. The van der Waals surface area contributed by atoms with Gasteiger partial charge in [-0.25, -0.2) is 0 Å². The van der Waals surface area contributed by atoms with Gasteiger partial charge in [-0.15, -0.1) is 0 Å². The number of methoxy groups -OCH3 is 1. The van der Waals surface area contributed by atoms with Gasteiger partial charge in [-0.1, -0.05) is 6.08 Å². The number of pyridine rings is 1. The van der Waals surface area contributed by atoms with E-state index in [0.717, 1.165) is 89.4 Å². The van der Waals surface area contributed by atoms with E-state index in [-0.39, 0.29) is 24.1 Å². The molecule has 1 aliphatic carbocycles. The van der Waals surface area contributed by atoms with Crippen LogP contribution in [0.3, 0.4) is 0 Å². The van der Waals surface area contributed by atoms with Crippen LogP contribution in [0.1, 0.15) is 49.3 Å². The van der Waals surface area contributed by atoms with Crippen LogP contribution in [-0.4, -0.2) is 98.7 Å². The zero-order valence-corrected chi connectivity index (χ0v) is 22.4. The number of ether oxygens (including phenoxy) is 2. The van der Waals surface area contributed by atoms with Crippen LogP contribution in [-0.2, 0) is 14.3 Å². The Hall–Kier alpha value is -2.91. The average Bonchev–Trinajstić information content (AvgIpc) is 3.46. The fraction of sp³-hybridized carbons (Fsp3) is 0.621. The Bertz CT molecular complexity index is 1100. The van der Waals surface area contributed by atoms with Gasteiger partial charge in [0.15, 0.2) is 0 Å². The maximum absolute atomic E-state index is 13.2. The van der Waals surface area contributed by atoms with Gasteiger partial charge in [-0.2, -0.15) is 0 Å². The van der Waals surface area contributed by atoms with Gasteiger partial charge in [0, 0.05) is 75.3 Å². The summed E-state index contributed by atoms with van der Waals surface area (Å²) in [7, 11) is 1.74. The highest BCUT2D eigenvalue weighted by atomic mass is 16.5. The van der Waals surface area contributed by atoms with Crippen molar-refractivity contribution in [3.63, 3.8) is 0 Å². The van der Waals surface area contributed by atoms with Crippen LogP contribution in [0, 0.1) is 5.92 Å². The number of carbonyl (C=O) groups excluding carboxylic acids is 1. The largest absolute Gasteiger partial charge is 0.501 e. The highest BCUT2D eigenvalue weighted by molar-refractivity contribution is 5.85. The minimum absolute atomic E-state index is 0.0751. The minimum Gasteiger partial charge on any atom is -0.501 e. The molecular formula is C29H40N6O3. The van der Waals surface area contributed by atoms with E-state index in [2.05, 4.69) is 48.2 Å². The number of hydrogen-bond acceptors (Lipinski definition) is 8. The fourth-order valence-corrected chi connectivity index (χ4v) is 6.47. The molecule has 0 aromatic carbocycles. The maximum atomic E-state index is 13.2. The lowest BCUT2D eigenvalue weighted by Gasteiger charge is -2.39. The van der Waals surface area contributed by atoms with Gasteiger partial charge in [0.1, 0.15) is 6.17 Å². The second-order valence-corrected chi connectivity index (χ2v) is 11.1. The van der Waals surface area contributed by atoms with Gasteiger partial charge in [-0.05, 0) is 49.9 Å². The fourth-order valence-electron chi connectivity index (χ4n) is 6.47. The van der Waals surface area contributed by atoms with E-state index in [0.29, 0.717) is 12.5 Å². The quantitative estimate of drug-likeness (QED) is 0.592. The monoisotopic (exact) mass is 520 g/mol. The van der Waals surface area contributed by atoms with Crippen LogP contribution in [0.5, 0.6) is 0 Å². The number of rotatable bonds is 7. The van der Waals surface area contributed by atoms with Crippen molar-refractivity contribution < 1.29 is 14.3 Å². The molecule has 2 saturated heterocycles. The van der Waals surface area contributed by atoms with Crippen molar-refractivity contribution >= 4 is 17.8 Å². The highest BCUT2D eigenvalue weighted by Gasteiger charge is 2.33. The third-order valence-corrected chi connectivity index (χ3v) is 8.69. The lowest BCUT2D eigenvalue weighted by molar-refractivity contribution is -0.135. The van der Waals surface area contributed by atoms with Crippen LogP contribution in [0.4, 0.5) is 5.69 Å². The van der Waals surface area contributed by atoms with Crippen LogP contribution in [0.2, 0.25) is 0 Å². The number of hydrogen-bond donors (Lipinski definition) is 1. The first-order valence-electron chi connectivity index (χ1n) is 14.2. The molecule has 9 nitrogen and oxygen atoms in total. The standard InChI is InChI=1S/C29H40N6O3/c1-37-22-4-6-23(7-5-22)38-20-21-3-2-12-35(18-21)27(36)19-33-13-15-34(16-14-33)26-9-11-30-25-17-32-29-24(28(25)26)8-10-31-29/h4,8-11,17,21,23-24,29,31H,2-3,5-7,12-16,18-20H2,1H3. The number of piperazine rings is 1. The molecule has 2 fully saturated rings. The first-order chi connectivity index (χ1) is 18.7. The first-order valence-corrected chi connectivity index (χ1v) is 14.2. The molecule has 4 atom stereocenters. The second kappa shape index (κ2) is 11.5. The van der Waals surface area contributed by atoms with Crippen molar-refractivity contribution in [2.24, 2.45) is 10.9 Å². The van der Waals surface area contributed by atoms with E-state index in [9.17, 15) is 4.79 Å². The SMILES string of the molecule is COC1=CCC(OCC2CCCN(C(=O)CN3CCN(c4ccnc5c4C4C=CNC4N=C5)CC3)C2)CC1. The third-order valence-electron chi connectivity index (χ3n) is 8.69. The maximum Gasteiger partial charge on any atom is 0.236 e. The molecule has 4 unspecified atom stereocenters. The Labute approximate surface area is 225 Å². The van der Waals surface area contributed by atoms with Gasteiger partial charge in [0.05, 0.1) is 37.8 Å². The number of amides is 1. The molecule has 0 bridgehead atoms. The Morgan fingerprint density at radius 3 is 2.89 bits per heavy atom. The molecule has 5 heterocycles. The summed E-state index contributed by atoms with van der Waals surface area (Å²) in [6.45, 7) is 6.53. The summed E-state index contributed by atoms with van der Waals surface area (Å²) >= 11 is 0. The summed E-state index contributed by atoms with van der Waals surface area (Å²) in [5, 5.41) is 3.33. The topological polar surface area (TPSA) is 82.5 Å². The first kappa shape index (κ1) is 25.4. The van der Waals surface area contributed by atoms with Crippen molar-refractivity contribution in [1.29, 1.82) is 0 Å². The molecule has 1 aromatic rings. The predicted molar refractivity (Wildman–Crippen MR) is 147 cm³/mol. The van der Waals surface area contributed by atoms with Gasteiger partial charge in [-0.3, -0.25) is 19.7 Å². The van der Waals surface area contributed by atoms with Crippen molar-refractivity contribution in [3.05, 3.63) is 47.6 Å².